The van der Waals surface area contributed by atoms with E-state index in [1.807, 2.05) is 6.92 Å². The molecule has 2 saturated heterocycles. The fourth-order valence-electron chi connectivity index (χ4n) is 3.63. The van der Waals surface area contributed by atoms with Crippen molar-refractivity contribution in [2.75, 3.05) is 50.9 Å². The van der Waals surface area contributed by atoms with Crippen LogP contribution in [0.2, 0.25) is 0 Å². The number of rotatable bonds is 7. The van der Waals surface area contributed by atoms with Crippen LogP contribution in [-0.2, 0) is 30.8 Å². The molecule has 0 unspecified atom stereocenters. The summed E-state index contributed by atoms with van der Waals surface area (Å²) in [5.41, 5.74) is 1.05. The smallest absolute Gasteiger partial charge is 0.183 e. The topological polar surface area (TPSA) is 92.8 Å². The van der Waals surface area contributed by atoms with Gasteiger partial charge in [-0.25, -0.2) is 16.8 Å². The highest BCUT2D eigenvalue weighted by atomic mass is 32.2. The summed E-state index contributed by atoms with van der Waals surface area (Å²) in [6.07, 6.45) is 0.823. The Morgan fingerprint density at radius 3 is 2.44 bits per heavy atom. The first-order chi connectivity index (χ1) is 12.8. The molecule has 7 nitrogen and oxygen atoms in total. The molecule has 2 aliphatic rings. The van der Waals surface area contributed by atoms with Gasteiger partial charge in [0.25, 0.3) is 0 Å². The SMILES string of the molecule is CCc1ccc(S(=O)(=O)[C@H]2CS(=O)(=O)C[C@H]2NCCN2CCOCC2)cc1. The molecule has 0 radical (unpaired) electrons. The van der Waals surface area contributed by atoms with Gasteiger partial charge in [-0.05, 0) is 24.1 Å². The largest absolute Gasteiger partial charge is 0.379 e. The number of ether oxygens (including phenoxy) is 1. The maximum Gasteiger partial charge on any atom is 0.183 e. The third-order valence-electron chi connectivity index (χ3n) is 5.30. The van der Waals surface area contributed by atoms with Gasteiger partial charge < -0.3 is 10.1 Å². The summed E-state index contributed by atoms with van der Waals surface area (Å²) in [7, 11) is -7.09. The van der Waals surface area contributed by atoms with Gasteiger partial charge in [0.2, 0.25) is 0 Å². The van der Waals surface area contributed by atoms with Crippen LogP contribution in [0.1, 0.15) is 12.5 Å². The number of benzene rings is 1. The van der Waals surface area contributed by atoms with Gasteiger partial charge in [-0.1, -0.05) is 19.1 Å². The van der Waals surface area contributed by atoms with Gasteiger partial charge >= 0.3 is 0 Å². The monoisotopic (exact) mass is 416 g/mol. The zero-order valence-electron chi connectivity index (χ0n) is 15.6. The second-order valence-corrected chi connectivity index (χ2v) is 11.5. The fourth-order valence-corrected chi connectivity index (χ4v) is 8.35. The zero-order chi connectivity index (χ0) is 19.5. The molecule has 2 heterocycles. The van der Waals surface area contributed by atoms with Crippen molar-refractivity contribution >= 4 is 19.7 Å². The van der Waals surface area contributed by atoms with E-state index in [4.69, 9.17) is 4.74 Å². The van der Waals surface area contributed by atoms with Crippen molar-refractivity contribution < 1.29 is 21.6 Å². The van der Waals surface area contributed by atoms with E-state index in [1.165, 1.54) is 0 Å². The number of hydrogen-bond donors (Lipinski definition) is 1. The Labute approximate surface area is 161 Å². The van der Waals surface area contributed by atoms with E-state index >= 15 is 0 Å². The summed E-state index contributed by atoms with van der Waals surface area (Å²) in [6, 6.07) is 6.18. The van der Waals surface area contributed by atoms with Crippen molar-refractivity contribution in [3.63, 3.8) is 0 Å². The molecule has 1 aromatic rings. The van der Waals surface area contributed by atoms with E-state index in [0.717, 1.165) is 31.6 Å². The van der Waals surface area contributed by atoms with Gasteiger partial charge in [-0.15, -0.1) is 0 Å². The van der Waals surface area contributed by atoms with Crippen molar-refractivity contribution in [3.05, 3.63) is 29.8 Å². The summed E-state index contributed by atoms with van der Waals surface area (Å²) in [6.45, 7) is 6.39. The zero-order valence-corrected chi connectivity index (χ0v) is 17.3. The average molecular weight is 417 g/mol. The van der Waals surface area contributed by atoms with Gasteiger partial charge in [0.1, 0.15) is 0 Å². The molecule has 0 aliphatic carbocycles. The Bertz CT molecular complexity index is 831. The fraction of sp³-hybridized carbons (Fsp3) is 0.667. The van der Waals surface area contributed by atoms with Gasteiger partial charge in [0.15, 0.2) is 19.7 Å². The highest BCUT2D eigenvalue weighted by molar-refractivity contribution is 7.96. The third kappa shape index (κ3) is 5.08. The third-order valence-corrected chi connectivity index (χ3v) is 9.46. The molecule has 27 heavy (non-hydrogen) atoms. The molecule has 1 N–H and O–H groups in total. The van der Waals surface area contributed by atoms with E-state index in [-0.39, 0.29) is 16.4 Å². The van der Waals surface area contributed by atoms with Crippen molar-refractivity contribution in [2.45, 2.75) is 29.5 Å². The number of sulfone groups is 2. The Hall–Kier alpha value is -1.00. The molecule has 2 aliphatic heterocycles. The van der Waals surface area contributed by atoms with Gasteiger partial charge in [0.05, 0.1) is 34.9 Å². The lowest BCUT2D eigenvalue weighted by molar-refractivity contribution is 0.0382. The summed E-state index contributed by atoms with van der Waals surface area (Å²) in [5.74, 6) is -0.451. The second-order valence-electron chi connectivity index (χ2n) is 7.17. The first-order valence-corrected chi connectivity index (χ1v) is 12.8. The van der Waals surface area contributed by atoms with Crippen LogP contribution in [-0.4, -0.2) is 83.9 Å². The van der Waals surface area contributed by atoms with E-state index in [9.17, 15) is 16.8 Å². The predicted molar refractivity (Wildman–Crippen MR) is 104 cm³/mol. The summed E-state index contributed by atoms with van der Waals surface area (Å²) >= 11 is 0. The molecular weight excluding hydrogens is 388 g/mol. The van der Waals surface area contributed by atoms with Crippen molar-refractivity contribution in [2.24, 2.45) is 0 Å². The summed E-state index contributed by atoms with van der Waals surface area (Å²) in [4.78, 5) is 2.43. The maximum absolute atomic E-state index is 13.1. The van der Waals surface area contributed by atoms with Crippen LogP contribution in [0.15, 0.2) is 29.2 Å². The van der Waals surface area contributed by atoms with Crippen LogP contribution in [0.25, 0.3) is 0 Å². The molecule has 0 aromatic heterocycles. The minimum atomic E-state index is -3.71. The minimum Gasteiger partial charge on any atom is -0.379 e. The minimum absolute atomic E-state index is 0.132. The standard InChI is InChI=1S/C18H28N2O5S2/c1-2-15-3-5-16(6-4-15)27(23,24)18-14-26(21,22)13-17(18)19-7-8-20-9-11-25-12-10-20/h3-6,17-19H,2,7-14H2,1H3/t17-,18+/m1/s1. The number of morpholine rings is 1. The Morgan fingerprint density at radius 2 is 1.81 bits per heavy atom. The summed E-state index contributed by atoms with van der Waals surface area (Å²) < 4.78 is 55.8. The molecule has 9 heteroatoms. The van der Waals surface area contributed by atoms with Gasteiger partial charge in [-0.2, -0.15) is 0 Å². The molecule has 1 aromatic carbocycles. The van der Waals surface area contributed by atoms with Crippen LogP contribution >= 0.6 is 0 Å². The molecule has 0 spiro atoms. The molecular formula is C18H28N2O5S2. The number of aryl methyl sites for hydroxylation is 1. The van der Waals surface area contributed by atoms with Crippen LogP contribution in [0.5, 0.6) is 0 Å². The highest BCUT2D eigenvalue weighted by Gasteiger charge is 2.45. The molecule has 2 fully saturated rings. The molecule has 0 saturated carbocycles. The van der Waals surface area contributed by atoms with E-state index in [1.54, 1.807) is 24.3 Å². The number of nitrogens with zero attached hydrogens (tertiary/aromatic N) is 1. The lowest BCUT2D eigenvalue weighted by atomic mass is 10.2. The van der Waals surface area contributed by atoms with E-state index in [0.29, 0.717) is 19.8 Å². The van der Waals surface area contributed by atoms with Gasteiger partial charge in [-0.3, -0.25) is 4.90 Å². The lowest BCUT2D eigenvalue weighted by Crippen LogP contribution is -2.47. The Kier molecular flexibility index (Phi) is 6.58. The van der Waals surface area contributed by atoms with Crippen molar-refractivity contribution in [1.29, 1.82) is 0 Å². The maximum atomic E-state index is 13.1. The Balaban J connectivity index is 1.70. The molecule has 152 valence electrons. The second kappa shape index (κ2) is 8.57. The molecule has 0 bridgehead atoms. The van der Waals surface area contributed by atoms with E-state index in [2.05, 4.69) is 10.2 Å². The molecule has 0 amide bonds. The summed E-state index contributed by atoms with van der Waals surface area (Å²) in [5, 5.41) is 2.25. The van der Waals surface area contributed by atoms with Crippen LogP contribution in [0.4, 0.5) is 0 Å². The quantitative estimate of drug-likeness (QED) is 0.674. The number of hydrogen-bond acceptors (Lipinski definition) is 7. The highest BCUT2D eigenvalue weighted by Crippen LogP contribution is 2.26. The Morgan fingerprint density at radius 1 is 1.15 bits per heavy atom. The average Bonchev–Trinajstić information content (AvgIpc) is 2.98. The normalized spacial score (nSPS) is 26.3. The first-order valence-electron chi connectivity index (χ1n) is 9.38. The molecule has 2 atom stereocenters. The van der Waals surface area contributed by atoms with Gasteiger partial charge in [0, 0.05) is 32.2 Å². The van der Waals surface area contributed by atoms with Crippen molar-refractivity contribution in [3.8, 4) is 0 Å². The predicted octanol–water partition coefficient (Wildman–Crippen LogP) is 0.110. The lowest BCUT2D eigenvalue weighted by Gasteiger charge is -2.27. The van der Waals surface area contributed by atoms with Crippen molar-refractivity contribution in [1.82, 2.24) is 10.2 Å². The van der Waals surface area contributed by atoms with E-state index < -0.39 is 31.0 Å². The number of nitrogens with one attached hydrogen (secondary N) is 1. The first kappa shape index (κ1) is 20.7. The molecule has 3 rings (SSSR count). The van der Waals surface area contributed by atoms with Crippen LogP contribution in [0, 0.1) is 0 Å². The van der Waals surface area contributed by atoms with Crippen LogP contribution in [0.3, 0.4) is 0 Å². The van der Waals surface area contributed by atoms with Crippen LogP contribution < -0.4 is 5.32 Å².